The minimum absolute atomic E-state index is 0.0252. The lowest BCUT2D eigenvalue weighted by molar-refractivity contribution is 0.0300. The van der Waals surface area contributed by atoms with Crippen molar-refractivity contribution in [2.45, 2.75) is 6.54 Å². The maximum Gasteiger partial charge on any atom is 0.319 e. The molecule has 2 heterocycles. The molecule has 30 heavy (non-hydrogen) atoms. The smallest absolute Gasteiger partial charge is 0.319 e. The number of aromatic nitrogens is 2. The zero-order valence-corrected chi connectivity index (χ0v) is 16.5. The molecule has 0 radical (unpaired) electrons. The van der Waals surface area contributed by atoms with E-state index in [-0.39, 0.29) is 23.7 Å². The molecular weight excluding hydrogens is 389 g/mol. The van der Waals surface area contributed by atoms with Crippen LogP contribution >= 0.6 is 0 Å². The van der Waals surface area contributed by atoms with E-state index in [2.05, 4.69) is 15.7 Å². The number of ether oxygens (including phenoxy) is 1. The molecule has 2 aromatic carbocycles. The van der Waals surface area contributed by atoms with Gasteiger partial charge in [-0.2, -0.15) is 5.10 Å². The maximum atomic E-state index is 14.5. The normalized spacial score (nSPS) is 14.0. The second-order valence-corrected chi connectivity index (χ2v) is 6.99. The number of morpholine rings is 1. The highest BCUT2D eigenvalue weighted by atomic mass is 19.1. The highest BCUT2D eigenvalue weighted by Crippen LogP contribution is 2.18. The number of nitrogens with one attached hydrogen (secondary N) is 2. The van der Waals surface area contributed by atoms with Crippen LogP contribution in [0.15, 0.2) is 42.5 Å². The minimum Gasteiger partial charge on any atom is -0.378 e. The first-order valence-corrected chi connectivity index (χ1v) is 9.65. The molecule has 0 aliphatic carbocycles. The largest absolute Gasteiger partial charge is 0.378 e. The third-order valence-electron chi connectivity index (χ3n) is 5.01. The average Bonchev–Trinajstić information content (AvgIpc) is 3.08. The van der Waals surface area contributed by atoms with E-state index in [9.17, 15) is 14.0 Å². The lowest BCUT2D eigenvalue weighted by Crippen LogP contribution is -2.41. The molecule has 3 amide bonds. The number of benzene rings is 2. The second kappa shape index (κ2) is 8.50. The number of aryl methyl sites for hydroxylation is 1. The first-order chi connectivity index (χ1) is 14.5. The Morgan fingerprint density at radius 2 is 1.93 bits per heavy atom. The van der Waals surface area contributed by atoms with Gasteiger partial charge in [-0.3, -0.25) is 9.48 Å². The number of hydrogen-bond acceptors (Lipinski definition) is 4. The number of fused-ring (bicyclic) bond motifs is 1. The lowest BCUT2D eigenvalue weighted by atomic mass is 10.1. The van der Waals surface area contributed by atoms with Gasteiger partial charge in [0.2, 0.25) is 0 Å². The Morgan fingerprint density at radius 1 is 1.17 bits per heavy atom. The molecule has 8 nitrogen and oxygen atoms in total. The minimum atomic E-state index is -0.681. The SMILES string of the molecule is Cn1nc(CNC(=O)Nc2ccc(C(=O)N3CCOCC3)c(F)c2)c2ccccc21. The van der Waals surface area contributed by atoms with Crippen molar-refractivity contribution < 1.29 is 18.7 Å². The Kier molecular flexibility index (Phi) is 5.62. The molecule has 0 bridgehead atoms. The van der Waals surface area contributed by atoms with Gasteiger partial charge in [-0.15, -0.1) is 0 Å². The second-order valence-electron chi connectivity index (χ2n) is 6.99. The molecule has 0 unspecified atom stereocenters. The molecule has 1 aliphatic rings. The molecule has 3 aromatic rings. The van der Waals surface area contributed by atoms with Gasteiger partial charge < -0.3 is 20.3 Å². The van der Waals surface area contributed by atoms with Crippen LogP contribution in [0.1, 0.15) is 16.1 Å². The maximum absolute atomic E-state index is 14.5. The molecule has 1 saturated heterocycles. The fraction of sp³-hybridized carbons (Fsp3) is 0.286. The molecule has 2 N–H and O–H groups in total. The molecule has 9 heteroatoms. The van der Waals surface area contributed by atoms with Crippen molar-refractivity contribution >= 4 is 28.5 Å². The van der Waals surface area contributed by atoms with Crippen LogP contribution in [-0.4, -0.2) is 52.9 Å². The molecule has 1 aromatic heterocycles. The summed E-state index contributed by atoms with van der Waals surface area (Å²) in [7, 11) is 1.84. The van der Waals surface area contributed by atoms with Gasteiger partial charge in [-0.1, -0.05) is 18.2 Å². The summed E-state index contributed by atoms with van der Waals surface area (Å²) in [5, 5.41) is 10.7. The predicted octanol–water partition coefficient (Wildman–Crippen LogP) is 2.51. The monoisotopic (exact) mass is 411 g/mol. The van der Waals surface area contributed by atoms with E-state index in [1.807, 2.05) is 31.3 Å². The summed E-state index contributed by atoms with van der Waals surface area (Å²) in [5.74, 6) is -1.06. The van der Waals surface area contributed by atoms with Crippen LogP contribution in [0.2, 0.25) is 0 Å². The predicted molar refractivity (Wildman–Crippen MR) is 110 cm³/mol. The van der Waals surface area contributed by atoms with Crippen LogP contribution < -0.4 is 10.6 Å². The molecule has 0 saturated carbocycles. The Bertz CT molecular complexity index is 1090. The van der Waals surface area contributed by atoms with E-state index in [1.165, 1.54) is 12.1 Å². The molecule has 156 valence electrons. The number of carbonyl (C=O) groups excluding carboxylic acids is 2. The first kappa shape index (κ1) is 19.8. The van der Waals surface area contributed by atoms with Gasteiger partial charge in [-0.25, -0.2) is 9.18 Å². The van der Waals surface area contributed by atoms with E-state index < -0.39 is 11.8 Å². The summed E-state index contributed by atoms with van der Waals surface area (Å²) in [5.41, 5.74) is 1.94. The summed E-state index contributed by atoms with van der Waals surface area (Å²) < 4.78 is 21.4. The van der Waals surface area contributed by atoms with Crippen molar-refractivity contribution in [3.05, 3.63) is 59.5 Å². The third-order valence-corrected chi connectivity index (χ3v) is 5.01. The number of urea groups is 1. The Hall–Kier alpha value is -3.46. The van der Waals surface area contributed by atoms with E-state index in [1.54, 1.807) is 9.58 Å². The third kappa shape index (κ3) is 4.11. The van der Waals surface area contributed by atoms with Crippen molar-refractivity contribution in [2.24, 2.45) is 7.05 Å². The number of anilines is 1. The van der Waals surface area contributed by atoms with Crippen LogP contribution in [0.5, 0.6) is 0 Å². The molecule has 0 spiro atoms. The van der Waals surface area contributed by atoms with Crippen molar-refractivity contribution in [3.63, 3.8) is 0 Å². The highest BCUT2D eigenvalue weighted by Gasteiger charge is 2.21. The Balaban J connectivity index is 1.38. The summed E-state index contributed by atoms with van der Waals surface area (Å²) in [6, 6.07) is 11.3. The molecular formula is C21H22FN5O3. The number of nitrogens with zero attached hydrogens (tertiary/aromatic N) is 3. The summed E-state index contributed by atoms with van der Waals surface area (Å²) >= 11 is 0. The van der Waals surface area contributed by atoms with Crippen molar-refractivity contribution in [1.29, 1.82) is 0 Å². The van der Waals surface area contributed by atoms with Crippen molar-refractivity contribution in [2.75, 3.05) is 31.6 Å². The van der Waals surface area contributed by atoms with Gasteiger partial charge in [0.15, 0.2) is 0 Å². The van der Waals surface area contributed by atoms with Crippen LogP contribution in [0, 0.1) is 5.82 Å². The standard InChI is InChI=1S/C21H22FN5O3/c1-26-19-5-3-2-4-16(19)18(25-26)13-23-21(29)24-14-6-7-15(17(22)12-14)20(28)27-8-10-30-11-9-27/h2-7,12H,8-11,13H2,1H3,(H2,23,24,29). The van der Waals surface area contributed by atoms with Gasteiger partial charge in [0, 0.05) is 31.2 Å². The number of rotatable bonds is 4. The Morgan fingerprint density at radius 3 is 2.70 bits per heavy atom. The van der Waals surface area contributed by atoms with Gasteiger partial charge in [-0.05, 0) is 24.3 Å². The quantitative estimate of drug-likeness (QED) is 0.691. The van der Waals surface area contributed by atoms with Gasteiger partial charge in [0.05, 0.1) is 36.5 Å². The lowest BCUT2D eigenvalue weighted by Gasteiger charge is -2.27. The summed E-state index contributed by atoms with van der Waals surface area (Å²) in [6.45, 7) is 1.98. The van der Waals surface area contributed by atoms with Crippen LogP contribution in [0.4, 0.5) is 14.9 Å². The first-order valence-electron chi connectivity index (χ1n) is 9.65. The van der Waals surface area contributed by atoms with Gasteiger partial charge >= 0.3 is 6.03 Å². The van der Waals surface area contributed by atoms with E-state index in [0.29, 0.717) is 26.3 Å². The zero-order chi connectivity index (χ0) is 21.1. The molecule has 0 atom stereocenters. The molecule has 1 fully saturated rings. The van der Waals surface area contributed by atoms with E-state index in [0.717, 1.165) is 22.7 Å². The van der Waals surface area contributed by atoms with Crippen LogP contribution in [-0.2, 0) is 18.3 Å². The topological polar surface area (TPSA) is 88.5 Å². The highest BCUT2D eigenvalue weighted by molar-refractivity contribution is 5.96. The van der Waals surface area contributed by atoms with Crippen LogP contribution in [0.25, 0.3) is 10.9 Å². The van der Waals surface area contributed by atoms with Crippen LogP contribution in [0.3, 0.4) is 0 Å². The number of amides is 3. The van der Waals surface area contributed by atoms with E-state index in [4.69, 9.17) is 4.74 Å². The van der Waals surface area contributed by atoms with Gasteiger partial charge in [0.1, 0.15) is 5.82 Å². The molecule has 1 aliphatic heterocycles. The van der Waals surface area contributed by atoms with Gasteiger partial charge in [0.25, 0.3) is 5.91 Å². The number of halogens is 1. The number of carbonyl (C=O) groups is 2. The fourth-order valence-electron chi connectivity index (χ4n) is 3.46. The Labute approximate surface area is 172 Å². The number of para-hydroxylation sites is 1. The fourth-order valence-corrected chi connectivity index (χ4v) is 3.46. The van der Waals surface area contributed by atoms with Crippen molar-refractivity contribution in [1.82, 2.24) is 20.0 Å². The summed E-state index contributed by atoms with van der Waals surface area (Å²) in [6.07, 6.45) is 0. The zero-order valence-electron chi connectivity index (χ0n) is 16.5. The van der Waals surface area contributed by atoms with E-state index >= 15 is 0 Å². The average molecular weight is 411 g/mol. The summed E-state index contributed by atoms with van der Waals surface area (Å²) in [4.78, 5) is 26.2. The number of hydrogen-bond donors (Lipinski definition) is 2. The van der Waals surface area contributed by atoms with Crippen molar-refractivity contribution in [3.8, 4) is 0 Å². The molecule has 4 rings (SSSR count).